The highest BCUT2D eigenvalue weighted by Crippen LogP contribution is 2.29. The third-order valence-electron chi connectivity index (χ3n) is 2.41. The van der Waals surface area contributed by atoms with E-state index in [2.05, 4.69) is 4.98 Å². The van der Waals surface area contributed by atoms with Crippen molar-refractivity contribution in [3.05, 3.63) is 47.8 Å². The molecule has 0 atom stereocenters. The molecule has 2 rings (SSSR count). The number of hydrogen-bond acceptors (Lipinski definition) is 2. The van der Waals surface area contributed by atoms with Gasteiger partial charge in [0.25, 0.3) is 0 Å². The van der Waals surface area contributed by atoms with E-state index < -0.39 is 11.6 Å². The van der Waals surface area contributed by atoms with Gasteiger partial charge in [-0.1, -0.05) is 0 Å². The zero-order valence-corrected chi connectivity index (χ0v) is 8.67. The van der Waals surface area contributed by atoms with Crippen molar-refractivity contribution in [3.8, 4) is 11.1 Å². The molecule has 4 heteroatoms. The molecule has 0 bridgehead atoms. The Kier molecular flexibility index (Phi) is 2.56. The van der Waals surface area contributed by atoms with Crippen molar-refractivity contribution >= 4 is 5.69 Å². The van der Waals surface area contributed by atoms with Crippen LogP contribution in [0.2, 0.25) is 0 Å². The fourth-order valence-corrected chi connectivity index (χ4v) is 1.52. The van der Waals surface area contributed by atoms with Crippen LogP contribution < -0.4 is 5.73 Å². The molecule has 2 nitrogen and oxygen atoms in total. The van der Waals surface area contributed by atoms with Crippen LogP contribution in [-0.2, 0) is 0 Å². The number of nitrogens with two attached hydrogens (primary N) is 1. The van der Waals surface area contributed by atoms with Crippen molar-refractivity contribution in [1.29, 1.82) is 0 Å². The number of nitrogens with zero attached hydrogens (tertiary/aromatic N) is 1. The SMILES string of the molecule is Cc1nccc(-c2cc(F)ccc2F)c1N. The van der Waals surface area contributed by atoms with Crippen molar-refractivity contribution < 1.29 is 8.78 Å². The summed E-state index contributed by atoms with van der Waals surface area (Å²) in [5.74, 6) is -0.996. The monoisotopic (exact) mass is 220 g/mol. The van der Waals surface area contributed by atoms with Gasteiger partial charge in [-0.15, -0.1) is 0 Å². The molecular formula is C12H10F2N2. The summed E-state index contributed by atoms with van der Waals surface area (Å²) in [6, 6.07) is 4.85. The molecule has 0 unspecified atom stereocenters. The number of benzene rings is 1. The third-order valence-corrected chi connectivity index (χ3v) is 2.41. The largest absolute Gasteiger partial charge is 0.397 e. The average molecular weight is 220 g/mol. The lowest BCUT2D eigenvalue weighted by Gasteiger charge is -2.08. The minimum atomic E-state index is -0.501. The van der Waals surface area contributed by atoms with Gasteiger partial charge >= 0.3 is 0 Å². The van der Waals surface area contributed by atoms with Crippen LogP contribution in [0.1, 0.15) is 5.69 Å². The fraction of sp³-hybridized carbons (Fsp3) is 0.0833. The van der Waals surface area contributed by atoms with E-state index in [9.17, 15) is 8.78 Å². The Morgan fingerprint density at radius 1 is 1.12 bits per heavy atom. The first-order valence-electron chi connectivity index (χ1n) is 4.76. The number of anilines is 1. The third kappa shape index (κ3) is 1.74. The lowest BCUT2D eigenvalue weighted by atomic mass is 10.0. The molecular weight excluding hydrogens is 210 g/mol. The molecule has 2 aromatic rings. The van der Waals surface area contributed by atoms with Gasteiger partial charge in [-0.05, 0) is 31.2 Å². The standard InChI is InChI=1S/C12H10F2N2/c1-7-12(15)9(4-5-16-7)10-6-8(13)2-3-11(10)14/h2-6H,15H2,1H3. The number of aryl methyl sites for hydroxylation is 1. The Morgan fingerprint density at radius 2 is 1.88 bits per heavy atom. The Labute approximate surface area is 91.7 Å². The number of aromatic nitrogens is 1. The fourth-order valence-electron chi connectivity index (χ4n) is 1.52. The first kappa shape index (κ1) is 10.5. The molecule has 0 aliphatic rings. The molecule has 1 aromatic carbocycles. The van der Waals surface area contributed by atoms with Gasteiger partial charge in [0.05, 0.1) is 11.4 Å². The molecule has 0 amide bonds. The van der Waals surface area contributed by atoms with Gasteiger partial charge < -0.3 is 5.73 Å². The van der Waals surface area contributed by atoms with E-state index in [1.54, 1.807) is 13.0 Å². The maximum absolute atomic E-state index is 13.5. The summed E-state index contributed by atoms with van der Waals surface area (Å²) >= 11 is 0. The molecule has 0 aliphatic heterocycles. The highest BCUT2D eigenvalue weighted by Gasteiger charge is 2.10. The van der Waals surface area contributed by atoms with E-state index in [-0.39, 0.29) is 5.56 Å². The first-order valence-corrected chi connectivity index (χ1v) is 4.76. The van der Waals surface area contributed by atoms with Crippen LogP contribution >= 0.6 is 0 Å². The van der Waals surface area contributed by atoms with Crippen LogP contribution in [-0.4, -0.2) is 4.98 Å². The lowest BCUT2D eigenvalue weighted by Crippen LogP contribution is -1.97. The molecule has 2 N–H and O–H groups in total. The molecule has 0 saturated carbocycles. The average Bonchev–Trinajstić information content (AvgIpc) is 2.26. The van der Waals surface area contributed by atoms with Crippen LogP contribution in [0, 0.1) is 18.6 Å². The van der Waals surface area contributed by atoms with Crippen molar-refractivity contribution in [2.75, 3.05) is 5.73 Å². The highest BCUT2D eigenvalue weighted by atomic mass is 19.1. The molecule has 0 saturated heterocycles. The Bertz CT molecular complexity index is 539. The number of pyridine rings is 1. The summed E-state index contributed by atoms with van der Waals surface area (Å²) in [6.45, 7) is 1.72. The van der Waals surface area contributed by atoms with Gasteiger partial charge in [0, 0.05) is 17.3 Å². The quantitative estimate of drug-likeness (QED) is 0.802. The Morgan fingerprint density at radius 3 is 2.62 bits per heavy atom. The minimum absolute atomic E-state index is 0.156. The van der Waals surface area contributed by atoms with Crippen LogP contribution in [0.5, 0.6) is 0 Å². The van der Waals surface area contributed by atoms with Gasteiger partial charge in [-0.25, -0.2) is 8.78 Å². The zero-order valence-electron chi connectivity index (χ0n) is 8.67. The molecule has 1 aromatic heterocycles. The Hall–Kier alpha value is -1.97. The van der Waals surface area contributed by atoms with Crippen molar-refractivity contribution in [1.82, 2.24) is 4.98 Å². The van der Waals surface area contributed by atoms with Gasteiger partial charge in [0.15, 0.2) is 0 Å². The van der Waals surface area contributed by atoms with E-state index in [0.29, 0.717) is 16.9 Å². The second-order valence-corrected chi connectivity index (χ2v) is 3.48. The van der Waals surface area contributed by atoms with Crippen LogP contribution in [0.4, 0.5) is 14.5 Å². The predicted molar refractivity (Wildman–Crippen MR) is 58.7 cm³/mol. The molecule has 1 heterocycles. The van der Waals surface area contributed by atoms with E-state index in [1.807, 2.05) is 0 Å². The number of halogens is 2. The van der Waals surface area contributed by atoms with Gasteiger partial charge in [-0.3, -0.25) is 4.98 Å². The smallest absolute Gasteiger partial charge is 0.131 e. The topological polar surface area (TPSA) is 38.9 Å². The molecule has 0 aliphatic carbocycles. The van der Waals surface area contributed by atoms with Gasteiger partial charge in [0.2, 0.25) is 0 Å². The molecule has 0 spiro atoms. The lowest BCUT2D eigenvalue weighted by molar-refractivity contribution is 0.603. The summed E-state index contributed by atoms with van der Waals surface area (Å²) in [5, 5.41) is 0. The Balaban J connectivity index is 2.67. The van der Waals surface area contributed by atoms with Gasteiger partial charge in [-0.2, -0.15) is 0 Å². The predicted octanol–water partition coefficient (Wildman–Crippen LogP) is 2.92. The first-order chi connectivity index (χ1) is 7.59. The normalized spacial score (nSPS) is 10.4. The van der Waals surface area contributed by atoms with E-state index >= 15 is 0 Å². The van der Waals surface area contributed by atoms with Crippen molar-refractivity contribution in [3.63, 3.8) is 0 Å². The van der Waals surface area contributed by atoms with E-state index in [4.69, 9.17) is 5.73 Å². The number of rotatable bonds is 1. The number of hydrogen-bond donors (Lipinski definition) is 1. The molecule has 0 radical (unpaired) electrons. The van der Waals surface area contributed by atoms with E-state index in [0.717, 1.165) is 18.2 Å². The van der Waals surface area contributed by atoms with Crippen LogP contribution in [0.25, 0.3) is 11.1 Å². The maximum Gasteiger partial charge on any atom is 0.131 e. The van der Waals surface area contributed by atoms with Crippen LogP contribution in [0.3, 0.4) is 0 Å². The minimum Gasteiger partial charge on any atom is -0.397 e. The van der Waals surface area contributed by atoms with E-state index in [1.165, 1.54) is 6.20 Å². The summed E-state index contributed by atoms with van der Waals surface area (Å²) in [5.41, 5.74) is 7.37. The summed E-state index contributed by atoms with van der Waals surface area (Å²) in [6.07, 6.45) is 1.52. The molecule has 0 fully saturated rings. The number of nitrogen functional groups attached to an aromatic ring is 1. The zero-order chi connectivity index (χ0) is 11.7. The van der Waals surface area contributed by atoms with Crippen molar-refractivity contribution in [2.45, 2.75) is 6.92 Å². The van der Waals surface area contributed by atoms with Crippen molar-refractivity contribution in [2.24, 2.45) is 0 Å². The molecule has 82 valence electrons. The second kappa shape index (κ2) is 3.89. The maximum atomic E-state index is 13.5. The highest BCUT2D eigenvalue weighted by molar-refractivity contribution is 5.77. The van der Waals surface area contributed by atoms with Gasteiger partial charge in [0.1, 0.15) is 11.6 Å². The molecule has 16 heavy (non-hydrogen) atoms. The van der Waals surface area contributed by atoms with Crippen LogP contribution in [0.15, 0.2) is 30.5 Å². The second-order valence-electron chi connectivity index (χ2n) is 3.48. The summed E-state index contributed by atoms with van der Waals surface area (Å²) in [4.78, 5) is 3.98. The summed E-state index contributed by atoms with van der Waals surface area (Å²) < 4.78 is 26.6. The summed E-state index contributed by atoms with van der Waals surface area (Å²) in [7, 11) is 0.